The summed E-state index contributed by atoms with van der Waals surface area (Å²) in [7, 11) is 0. The maximum absolute atomic E-state index is 16.3. The van der Waals surface area contributed by atoms with Crippen molar-refractivity contribution >= 4 is 0 Å². The van der Waals surface area contributed by atoms with Crippen LogP contribution in [0.2, 0.25) is 0 Å². The van der Waals surface area contributed by atoms with Gasteiger partial charge in [0.15, 0.2) is 0 Å². The molecule has 2 nitrogen and oxygen atoms in total. The molecule has 0 bridgehead atoms. The van der Waals surface area contributed by atoms with E-state index < -0.39 is 36.1 Å². The van der Waals surface area contributed by atoms with E-state index in [1.165, 1.54) is 38.1 Å². The predicted octanol–water partition coefficient (Wildman–Crippen LogP) is 6.97. The van der Waals surface area contributed by atoms with Crippen molar-refractivity contribution in [3.63, 3.8) is 0 Å². The van der Waals surface area contributed by atoms with E-state index in [1.807, 2.05) is 6.92 Å². The fraction of sp³-hybridized carbons (Fsp3) is 0.727. The summed E-state index contributed by atoms with van der Waals surface area (Å²) in [5.74, 6) is -12.1. The summed E-state index contributed by atoms with van der Waals surface area (Å²) >= 11 is 0. The summed E-state index contributed by atoms with van der Waals surface area (Å²) in [6, 6.07) is 7.55. The number of hydrogen-bond donors (Lipinski definition) is 0. The van der Waals surface area contributed by atoms with Gasteiger partial charge in [-0.15, -0.1) is 0 Å². The Morgan fingerprint density at radius 3 is 1.83 bits per heavy atom. The molecule has 0 aromatic heterocycles. The molecule has 0 spiro atoms. The lowest BCUT2D eigenvalue weighted by Gasteiger charge is -2.47. The Kier molecular flexibility index (Phi) is 9.54. The van der Waals surface area contributed by atoms with Gasteiger partial charge >= 0.3 is 11.8 Å². The number of halogens is 5. The van der Waals surface area contributed by atoms with E-state index in [1.54, 1.807) is 6.07 Å². The van der Waals surface area contributed by atoms with Gasteiger partial charge in [0, 0.05) is 26.1 Å². The maximum atomic E-state index is 16.3. The lowest BCUT2D eigenvalue weighted by molar-refractivity contribution is -0.374. The van der Waals surface area contributed by atoms with Crippen molar-refractivity contribution in [1.29, 1.82) is 0 Å². The Balaban J connectivity index is 3.39. The molecule has 7 heteroatoms. The summed E-state index contributed by atoms with van der Waals surface area (Å²) in [6.45, 7) is 5.46. The second-order valence-electron chi connectivity index (χ2n) is 7.36. The van der Waals surface area contributed by atoms with Crippen molar-refractivity contribution in [2.75, 3.05) is 13.2 Å². The molecule has 0 heterocycles. The van der Waals surface area contributed by atoms with Crippen LogP contribution in [0.4, 0.5) is 22.0 Å². The standard InChI is InChI=1S/C22H33F5O2/c1-5-8-9-13-16-21(24,25)22(26,27)20(23,17-18-14-11-10-12-15-18)19(4,28-6-2)29-7-3/h10-12,14-15H,5-9,13,16-17H2,1-4H3. The van der Waals surface area contributed by atoms with Gasteiger partial charge in [0.25, 0.3) is 0 Å². The molecule has 0 amide bonds. The van der Waals surface area contributed by atoms with Gasteiger partial charge in [0.1, 0.15) is 0 Å². The molecule has 0 saturated heterocycles. The van der Waals surface area contributed by atoms with E-state index in [2.05, 4.69) is 0 Å². The summed E-state index contributed by atoms with van der Waals surface area (Å²) in [4.78, 5) is 0. The first-order chi connectivity index (χ1) is 13.5. The fourth-order valence-corrected chi connectivity index (χ4v) is 3.48. The van der Waals surface area contributed by atoms with Gasteiger partial charge in [-0.3, -0.25) is 0 Å². The van der Waals surface area contributed by atoms with Gasteiger partial charge in [-0.2, -0.15) is 17.6 Å². The zero-order valence-corrected chi connectivity index (χ0v) is 17.7. The van der Waals surface area contributed by atoms with Gasteiger partial charge in [-0.05, 0) is 32.8 Å². The summed E-state index contributed by atoms with van der Waals surface area (Å²) in [5, 5.41) is 0. The first kappa shape index (κ1) is 25.8. The first-order valence-electron chi connectivity index (χ1n) is 10.3. The van der Waals surface area contributed by atoms with Crippen molar-refractivity contribution in [3.05, 3.63) is 35.9 Å². The minimum absolute atomic E-state index is 0.113. The summed E-state index contributed by atoms with van der Waals surface area (Å²) in [6.07, 6.45) is -0.374. The van der Waals surface area contributed by atoms with Crippen LogP contribution in [-0.4, -0.2) is 36.5 Å². The van der Waals surface area contributed by atoms with E-state index in [0.29, 0.717) is 12.8 Å². The Morgan fingerprint density at radius 2 is 1.34 bits per heavy atom. The van der Waals surface area contributed by atoms with Gasteiger partial charge < -0.3 is 9.47 Å². The molecule has 1 unspecified atom stereocenters. The molecule has 1 atom stereocenters. The average Bonchev–Trinajstić information content (AvgIpc) is 2.66. The van der Waals surface area contributed by atoms with Crippen molar-refractivity contribution < 1.29 is 31.4 Å². The monoisotopic (exact) mass is 424 g/mol. The SMILES string of the molecule is CCCCCCC(F)(F)C(F)(F)C(F)(Cc1ccccc1)C(C)(OCC)OCC. The van der Waals surface area contributed by atoms with Crippen molar-refractivity contribution in [3.8, 4) is 0 Å². The highest BCUT2D eigenvalue weighted by atomic mass is 19.3. The van der Waals surface area contributed by atoms with E-state index >= 15 is 13.2 Å². The smallest absolute Gasteiger partial charge is 0.347 e. The van der Waals surface area contributed by atoms with Crippen LogP contribution in [0, 0.1) is 0 Å². The third-order valence-electron chi connectivity index (χ3n) is 5.15. The van der Waals surface area contributed by atoms with Crippen LogP contribution in [0.15, 0.2) is 30.3 Å². The Bertz CT molecular complexity index is 588. The maximum Gasteiger partial charge on any atom is 0.348 e. The van der Waals surface area contributed by atoms with Crippen LogP contribution in [0.3, 0.4) is 0 Å². The minimum atomic E-state index is -5.01. The summed E-state index contributed by atoms with van der Waals surface area (Å²) in [5.41, 5.74) is -3.64. The van der Waals surface area contributed by atoms with Crippen LogP contribution in [-0.2, 0) is 15.9 Å². The predicted molar refractivity (Wildman–Crippen MR) is 104 cm³/mol. The molecule has 0 fully saturated rings. The number of benzene rings is 1. The minimum Gasteiger partial charge on any atom is -0.347 e. The number of unbranched alkanes of at least 4 members (excludes halogenated alkanes) is 3. The molecule has 0 aliphatic carbocycles. The topological polar surface area (TPSA) is 18.5 Å². The van der Waals surface area contributed by atoms with Crippen molar-refractivity contribution in [2.45, 2.75) is 89.5 Å². The molecule has 1 rings (SSSR count). The molecular weight excluding hydrogens is 391 g/mol. The molecule has 29 heavy (non-hydrogen) atoms. The quantitative estimate of drug-likeness (QED) is 0.182. The molecule has 0 aliphatic rings. The van der Waals surface area contributed by atoms with Crippen LogP contribution < -0.4 is 0 Å². The van der Waals surface area contributed by atoms with Gasteiger partial charge in [0.05, 0.1) is 0 Å². The van der Waals surface area contributed by atoms with Gasteiger partial charge in [-0.25, -0.2) is 4.39 Å². The lowest BCUT2D eigenvalue weighted by Crippen LogP contribution is -2.69. The van der Waals surface area contributed by atoms with E-state index in [0.717, 1.165) is 13.3 Å². The second-order valence-corrected chi connectivity index (χ2v) is 7.36. The highest BCUT2D eigenvalue weighted by molar-refractivity contribution is 5.22. The molecule has 0 aliphatic heterocycles. The highest BCUT2D eigenvalue weighted by Crippen LogP contribution is 2.54. The van der Waals surface area contributed by atoms with Crippen LogP contribution in [0.1, 0.15) is 65.4 Å². The normalized spacial score (nSPS) is 15.3. The van der Waals surface area contributed by atoms with E-state index in [-0.39, 0.29) is 25.2 Å². The largest absolute Gasteiger partial charge is 0.348 e. The third-order valence-corrected chi connectivity index (χ3v) is 5.15. The van der Waals surface area contributed by atoms with E-state index in [4.69, 9.17) is 9.47 Å². The first-order valence-corrected chi connectivity index (χ1v) is 10.3. The second kappa shape index (κ2) is 10.7. The molecule has 0 N–H and O–H groups in total. The summed E-state index contributed by atoms with van der Waals surface area (Å²) < 4.78 is 86.8. The van der Waals surface area contributed by atoms with Crippen molar-refractivity contribution in [1.82, 2.24) is 0 Å². The molecule has 168 valence electrons. The number of hydrogen-bond acceptors (Lipinski definition) is 2. The number of rotatable bonds is 14. The van der Waals surface area contributed by atoms with Crippen molar-refractivity contribution in [2.24, 2.45) is 0 Å². The average molecular weight is 424 g/mol. The van der Waals surface area contributed by atoms with Gasteiger partial charge in [-0.1, -0.05) is 56.5 Å². The van der Waals surface area contributed by atoms with Crippen LogP contribution in [0.25, 0.3) is 0 Å². The third kappa shape index (κ3) is 5.69. The van der Waals surface area contributed by atoms with Crippen LogP contribution >= 0.6 is 0 Å². The zero-order chi connectivity index (χ0) is 22.2. The number of alkyl halides is 5. The fourth-order valence-electron chi connectivity index (χ4n) is 3.48. The Labute approximate surface area is 170 Å². The molecule has 0 saturated carbocycles. The molecular formula is C22H33F5O2. The molecule has 0 radical (unpaired) electrons. The highest BCUT2D eigenvalue weighted by Gasteiger charge is 2.76. The molecule has 1 aromatic carbocycles. The molecule has 1 aromatic rings. The van der Waals surface area contributed by atoms with Crippen LogP contribution in [0.5, 0.6) is 0 Å². The Hall–Kier alpha value is -1.21. The van der Waals surface area contributed by atoms with E-state index in [9.17, 15) is 8.78 Å². The van der Waals surface area contributed by atoms with Gasteiger partial charge in [0.2, 0.25) is 11.5 Å². The zero-order valence-electron chi connectivity index (χ0n) is 17.7. The lowest BCUT2D eigenvalue weighted by atomic mass is 9.78. The number of ether oxygens (including phenoxy) is 2. The Morgan fingerprint density at radius 1 is 0.793 bits per heavy atom.